The van der Waals surface area contributed by atoms with Crippen molar-refractivity contribution in [3.63, 3.8) is 0 Å². The van der Waals surface area contributed by atoms with Crippen molar-refractivity contribution in [2.45, 2.75) is 114 Å². The van der Waals surface area contributed by atoms with E-state index >= 15 is 0 Å². The molecule has 1 aliphatic carbocycles. The van der Waals surface area contributed by atoms with Gasteiger partial charge in [-0.1, -0.05) is 73.5 Å². The molecule has 5 amide bonds. The van der Waals surface area contributed by atoms with E-state index in [4.69, 9.17) is 20.9 Å². The zero-order chi connectivity index (χ0) is 47.0. The van der Waals surface area contributed by atoms with Crippen molar-refractivity contribution < 1.29 is 52.9 Å². The number of nitrogens with one attached hydrogen (secondary N) is 4. The van der Waals surface area contributed by atoms with Gasteiger partial charge in [0.05, 0.1) is 19.1 Å². The molecule has 5 rings (SSSR count). The first kappa shape index (κ1) is 49.2. The number of nitrogens with zero attached hydrogens (tertiary/aromatic N) is 2. The van der Waals surface area contributed by atoms with Gasteiger partial charge < -0.3 is 52.2 Å². The predicted molar refractivity (Wildman–Crippen MR) is 238 cm³/mol. The summed E-state index contributed by atoms with van der Waals surface area (Å²) in [7, 11) is 1.17. The van der Waals surface area contributed by atoms with E-state index < -0.39 is 90.0 Å². The van der Waals surface area contributed by atoms with Gasteiger partial charge in [0.15, 0.2) is 11.7 Å². The fraction of sp³-hybridized carbons (Fsp3) is 0.500. The molecule has 65 heavy (non-hydrogen) atoms. The first-order valence-electron chi connectivity index (χ1n) is 22.0. The third kappa shape index (κ3) is 13.6. The highest BCUT2D eigenvalue weighted by Gasteiger charge is 2.40. The van der Waals surface area contributed by atoms with Gasteiger partial charge in [-0.05, 0) is 73.6 Å². The Morgan fingerprint density at radius 1 is 0.908 bits per heavy atom. The smallest absolute Gasteiger partial charge is 0.407 e. The van der Waals surface area contributed by atoms with Crippen molar-refractivity contribution in [3.8, 4) is 11.1 Å². The minimum atomic E-state index is -1.32. The van der Waals surface area contributed by atoms with Gasteiger partial charge in [-0.2, -0.15) is 0 Å². The number of ketones is 1. The molecule has 2 heterocycles. The molecule has 2 aromatic carbocycles. The van der Waals surface area contributed by atoms with Gasteiger partial charge in [-0.3, -0.25) is 33.8 Å². The summed E-state index contributed by atoms with van der Waals surface area (Å²) in [4.78, 5) is 112. The molecule has 1 unspecified atom stereocenters. The molecule has 19 heteroatoms. The maximum atomic E-state index is 14.4. The molecule has 2 fully saturated rings. The van der Waals surface area contributed by atoms with E-state index in [1.165, 1.54) is 31.1 Å². The number of nitrogens with two attached hydrogens (primary N) is 2. The van der Waals surface area contributed by atoms with Crippen LogP contribution in [0.2, 0.25) is 0 Å². The van der Waals surface area contributed by atoms with Crippen molar-refractivity contribution in [3.05, 3.63) is 71.8 Å². The van der Waals surface area contributed by atoms with Gasteiger partial charge in [-0.25, -0.2) is 9.59 Å². The molecular weight excluding hydrogens is 841 g/mol. The van der Waals surface area contributed by atoms with Crippen LogP contribution in [0.15, 0.2) is 65.7 Å². The number of ether oxygens (including phenoxy) is 2. The Balaban J connectivity index is 1.39. The fourth-order valence-electron chi connectivity index (χ4n) is 8.64. The monoisotopic (exact) mass is 900 g/mol. The number of carboxylic acids is 1. The van der Waals surface area contributed by atoms with Crippen molar-refractivity contribution >= 4 is 53.4 Å². The van der Waals surface area contributed by atoms with Crippen LogP contribution >= 0.6 is 0 Å². The minimum absolute atomic E-state index is 0.00635. The van der Waals surface area contributed by atoms with E-state index in [0.717, 1.165) is 22.3 Å². The zero-order valence-corrected chi connectivity index (χ0v) is 36.8. The molecule has 0 radical (unpaired) electrons. The summed E-state index contributed by atoms with van der Waals surface area (Å²) < 4.78 is 10.6. The first-order chi connectivity index (χ1) is 31.2. The van der Waals surface area contributed by atoms with Gasteiger partial charge in [0.25, 0.3) is 0 Å². The standard InChI is InChI=1S/C46H60N8O11/c1-27(55)50-37(44(62)64-2)20-10-9-18-35-40(57)51-34(21-11-23-49-45(47)48)39(56)25-28(43(60)61)13-3-8-19-36(42(59)54-24-12-22-38(54)41(58)52-35)53-46(63)65-26-33-31-16-6-4-14-29(31)30-15-5-7-17-32(30)33/h4-7,9-10,14-17,28,33-38H,3,8,11-13,18-26H2,1-2H3,(H,50,55)(H,51,57)(H,52,58)(H,53,63)(H,60,61)(H4,47,48,49)/t28-,34+,35+,36+,37+,38?/m1/s1. The third-order valence-corrected chi connectivity index (χ3v) is 11.9. The van der Waals surface area contributed by atoms with Crippen LogP contribution in [-0.4, -0.2) is 120 Å². The molecule has 0 bridgehead atoms. The Morgan fingerprint density at radius 2 is 1.57 bits per heavy atom. The Morgan fingerprint density at radius 3 is 2.22 bits per heavy atom. The van der Waals surface area contributed by atoms with Crippen LogP contribution < -0.4 is 32.7 Å². The predicted octanol–water partition coefficient (Wildman–Crippen LogP) is 2.16. The van der Waals surface area contributed by atoms with E-state index in [-0.39, 0.29) is 89.4 Å². The molecule has 9 N–H and O–H groups in total. The normalized spacial score (nSPS) is 22.3. The van der Waals surface area contributed by atoms with Crippen LogP contribution in [0, 0.1) is 5.92 Å². The highest BCUT2D eigenvalue weighted by Crippen LogP contribution is 2.44. The van der Waals surface area contributed by atoms with Crippen LogP contribution in [0.4, 0.5) is 4.79 Å². The highest BCUT2D eigenvalue weighted by atomic mass is 16.5. The lowest BCUT2D eigenvalue weighted by molar-refractivity contribution is -0.145. The Kier molecular flexibility index (Phi) is 18.0. The van der Waals surface area contributed by atoms with Crippen LogP contribution in [0.5, 0.6) is 0 Å². The summed E-state index contributed by atoms with van der Waals surface area (Å²) in [6.45, 7) is 1.54. The maximum Gasteiger partial charge on any atom is 0.407 e. The van der Waals surface area contributed by atoms with E-state index in [1.54, 1.807) is 0 Å². The third-order valence-electron chi connectivity index (χ3n) is 11.9. The number of fused-ring (bicyclic) bond motifs is 4. The summed E-state index contributed by atoms with van der Waals surface area (Å²) in [6, 6.07) is 10.0. The average molecular weight is 901 g/mol. The number of alkyl carbamates (subject to hydrolysis) is 1. The lowest BCUT2D eigenvalue weighted by Crippen LogP contribution is -2.57. The second kappa shape index (κ2) is 23.8. The summed E-state index contributed by atoms with van der Waals surface area (Å²) in [5.74, 6) is -6.44. The largest absolute Gasteiger partial charge is 0.481 e. The summed E-state index contributed by atoms with van der Waals surface area (Å²) in [6.07, 6.45) is 3.33. The van der Waals surface area contributed by atoms with Gasteiger partial charge in [0.2, 0.25) is 23.6 Å². The van der Waals surface area contributed by atoms with E-state index in [2.05, 4.69) is 26.3 Å². The van der Waals surface area contributed by atoms with Crippen LogP contribution in [0.3, 0.4) is 0 Å². The van der Waals surface area contributed by atoms with Crippen molar-refractivity contribution in [1.82, 2.24) is 26.2 Å². The second-order valence-corrected chi connectivity index (χ2v) is 16.5. The molecule has 2 saturated heterocycles. The number of Topliss-reactive ketones (excluding diaryl/α,β-unsaturated/α-hetero) is 1. The summed E-state index contributed by atoms with van der Waals surface area (Å²) in [5.41, 5.74) is 15.0. The molecule has 0 aromatic heterocycles. The summed E-state index contributed by atoms with van der Waals surface area (Å²) in [5, 5.41) is 20.9. The number of benzene rings is 2. The number of rotatable bonds is 14. The number of aliphatic imine (C=N–C) groups is 1. The van der Waals surface area contributed by atoms with Gasteiger partial charge >= 0.3 is 18.0 Å². The Labute approximate surface area is 377 Å². The molecule has 2 aliphatic heterocycles. The maximum absolute atomic E-state index is 14.4. The number of esters is 1. The molecule has 0 saturated carbocycles. The quantitative estimate of drug-likeness (QED) is 0.0471. The van der Waals surface area contributed by atoms with Crippen LogP contribution in [0.1, 0.15) is 94.6 Å². The van der Waals surface area contributed by atoms with Crippen molar-refractivity contribution in [1.29, 1.82) is 0 Å². The SMILES string of the molecule is COC(=O)[C@H](CC=CC[C@@H]1NC(=O)C2CCCN2C(=O)[C@@H](NC(=O)OCC2c3ccccc3-c3ccccc32)CCCC[C@@H](C(=O)O)CC(=O)[C@H](CCCN=C(N)N)NC1=O)NC(C)=O. The van der Waals surface area contributed by atoms with Crippen molar-refractivity contribution in [2.24, 2.45) is 22.4 Å². The Hall–Kier alpha value is -6.79. The van der Waals surface area contributed by atoms with Crippen LogP contribution in [-0.2, 0) is 43.0 Å². The van der Waals surface area contributed by atoms with Gasteiger partial charge in [0.1, 0.15) is 30.8 Å². The number of guanidine groups is 1. The van der Waals surface area contributed by atoms with E-state index in [9.17, 15) is 43.5 Å². The number of hydrogen-bond acceptors (Lipinski definition) is 11. The molecule has 6 atom stereocenters. The van der Waals surface area contributed by atoms with Crippen LogP contribution in [0.25, 0.3) is 11.1 Å². The lowest BCUT2D eigenvalue weighted by Gasteiger charge is -2.30. The molecule has 0 spiro atoms. The first-order valence-corrected chi connectivity index (χ1v) is 22.0. The zero-order valence-electron chi connectivity index (χ0n) is 36.8. The van der Waals surface area contributed by atoms with E-state index in [0.29, 0.717) is 6.42 Å². The Bertz CT molecular complexity index is 2090. The average Bonchev–Trinajstić information content (AvgIpc) is 3.90. The number of amides is 5. The van der Waals surface area contributed by atoms with Gasteiger partial charge in [-0.15, -0.1) is 0 Å². The number of aliphatic carboxylic acids is 1. The molecule has 2 aromatic rings. The number of methoxy groups -OCH3 is 1. The minimum Gasteiger partial charge on any atom is -0.481 e. The van der Waals surface area contributed by atoms with Gasteiger partial charge in [0, 0.05) is 32.4 Å². The van der Waals surface area contributed by atoms with E-state index in [1.807, 2.05) is 48.5 Å². The van der Waals surface area contributed by atoms with Crippen molar-refractivity contribution in [2.75, 3.05) is 26.8 Å². The number of hydrogen-bond donors (Lipinski definition) is 7. The molecular formula is C46H60N8O11. The second-order valence-electron chi connectivity index (χ2n) is 16.5. The number of carboxylic acid groups (broad SMARTS) is 1. The lowest BCUT2D eigenvalue weighted by atomic mass is 9.91. The fourth-order valence-corrected chi connectivity index (χ4v) is 8.64. The topological polar surface area (TPSA) is 291 Å². The number of carbonyl (C=O) groups is 8. The summed E-state index contributed by atoms with van der Waals surface area (Å²) >= 11 is 0. The number of carbonyl (C=O) groups excluding carboxylic acids is 7. The molecule has 350 valence electrons. The molecule has 3 aliphatic rings. The highest BCUT2D eigenvalue weighted by molar-refractivity contribution is 5.96. The molecule has 19 nitrogen and oxygen atoms in total.